The third kappa shape index (κ3) is 3.82. The molecule has 0 saturated heterocycles. The molecule has 0 unspecified atom stereocenters. The molecule has 2 rings (SSSR count). The molecule has 0 aliphatic heterocycles. The van der Waals surface area contributed by atoms with E-state index in [0.717, 1.165) is 5.56 Å². The van der Waals surface area contributed by atoms with Gasteiger partial charge in [0.1, 0.15) is 17.4 Å². The predicted molar refractivity (Wildman–Crippen MR) is 93.5 cm³/mol. The Hall–Kier alpha value is -1.37. The van der Waals surface area contributed by atoms with Crippen LogP contribution in [0.5, 0.6) is 5.75 Å². The van der Waals surface area contributed by atoms with Gasteiger partial charge in [0, 0.05) is 11.1 Å². The first-order valence-electron chi connectivity index (χ1n) is 7.52. The van der Waals surface area contributed by atoms with Crippen LogP contribution in [-0.4, -0.2) is 33.5 Å². The van der Waals surface area contributed by atoms with Crippen molar-refractivity contribution in [1.82, 2.24) is 4.98 Å². The molecule has 24 heavy (non-hydrogen) atoms. The summed E-state index contributed by atoms with van der Waals surface area (Å²) in [7, 11) is 0. The van der Waals surface area contributed by atoms with Gasteiger partial charge in [-0.1, -0.05) is 30.1 Å². The molecule has 0 radical (unpaired) electrons. The van der Waals surface area contributed by atoms with Crippen molar-refractivity contribution in [3.8, 4) is 17.0 Å². The van der Waals surface area contributed by atoms with Crippen LogP contribution in [0.2, 0.25) is 10.0 Å². The van der Waals surface area contributed by atoms with E-state index in [2.05, 4.69) is 4.98 Å². The van der Waals surface area contributed by atoms with E-state index in [1.165, 1.54) is 0 Å². The molecule has 0 saturated carbocycles. The van der Waals surface area contributed by atoms with E-state index in [-0.39, 0.29) is 36.5 Å². The molecule has 0 bridgehead atoms. The maximum Gasteiger partial charge on any atom is 0.139 e. The highest BCUT2D eigenvalue weighted by Gasteiger charge is 2.18. The van der Waals surface area contributed by atoms with Gasteiger partial charge >= 0.3 is 0 Å². The van der Waals surface area contributed by atoms with Gasteiger partial charge in [-0.2, -0.15) is 0 Å². The second-order valence-electron chi connectivity index (χ2n) is 5.08. The van der Waals surface area contributed by atoms with Crippen molar-refractivity contribution in [3.05, 3.63) is 45.1 Å². The number of hydrogen-bond donors (Lipinski definition) is 3. The Morgan fingerprint density at radius 3 is 2.38 bits per heavy atom. The first-order valence-corrected chi connectivity index (χ1v) is 8.28. The van der Waals surface area contributed by atoms with Crippen molar-refractivity contribution < 1.29 is 20.1 Å². The molecule has 0 atom stereocenters. The highest BCUT2D eigenvalue weighted by molar-refractivity contribution is 6.44. The minimum atomic E-state index is -0.282. The average Bonchev–Trinajstić information content (AvgIpc) is 2.61. The second kappa shape index (κ2) is 8.65. The minimum Gasteiger partial charge on any atom is -0.490 e. The van der Waals surface area contributed by atoms with Crippen molar-refractivity contribution >= 4 is 23.2 Å². The smallest absolute Gasteiger partial charge is 0.139 e. The molecule has 1 aromatic heterocycles. The van der Waals surface area contributed by atoms with Gasteiger partial charge in [-0.05, 0) is 30.2 Å². The van der Waals surface area contributed by atoms with Crippen molar-refractivity contribution in [3.63, 3.8) is 0 Å². The molecule has 0 aliphatic carbocycles. The third-order valence-corrected chi connectivity index (χ3v) is 4.49. The van der Waals surface area contributed by atoms with Crippen LogP contribution in [0.1, 0.15) is 23.7 Å². The summed E-state index contributed by atoms with van der Waals surface area (Å²) >= 11 is 12.6. The van der Waals surface area contributed by atoms with Gasteiger partial charge in [0.2, 0.25) is 0 Å². The van der Waals surface area contributed by atoms with E-state index in [1.54, 1.807) is 12.1 Å². The molecule has 1 aromatic carbocycles. The Morgan fingerprint density at radius 1 is 1.04 bits per heavy atom. The van der Waals surface area contributed by atoms with E-state index in [4.69, 9.17) is 33.0 Å². The molecule has 0 spiro atoms. The van der Waals surface area contributed by atoms with Crippen LogP contribution in [0, 0.1) is 0 Å². The minimum absolute atomic E-state index is 0.119. The Kier molecular flexibility index (Phi) is 6.83. The highest BCUT2D eigenvalue weighted by Crippen LogP contribution is 2.40. The Bertz CT molecular complexity index is 722. The Labute approximate surface area is 150 Å². The van der Waals surface area contributed by atoms with Gasteiger partial charge < -0.3 is 20.1 Å². The fourth-order valence-corrected chi connectivity index (χ4v) is 2.86. The number of nitrogens with zero attached hydrogens (tertiary/aromatic N) is 1. The molecule has 1 heterocycles. The lowest BCUT2D eigenvalue weighted by Crippen LogP contribution is -2.05. The lowest BCUT2D eigenvalue weighted by molar-refractivity contribution is 0.201. The zero-order valence-corrected chi connectivity index (χ0v) is 14.7. The topological polar surface area (TPSA) is 82.8 Å². The Morgan fingerprint density at radius 2 is 1.79 bits per heavy atom. The van der Waals surface area contributed by atoms with E-state index >= 15 is 0 Å². The summed E-state index contributed by atoms with van der Waals surface area (Å²) in [4.78, 5) is 4.46. The van der Waals surface area contributed by atoms with Crippen LogP contribution >= 0.6 is 23.2 Å². The first kappa shape index (κ1) is 19.0. The molecular formula is C17H19Cl2NO4. The molecule has 0 amide bonds. The first-order chi connectivity index (χ1) is 11.6. The lowest BCUT2D eigenvalue weighted by atomic mass is 10.0. The number of ether oxygens (including phenoxy) is 1. The SMILES string of the molecule is CCc1cc(CO)c(CO)nc1-c1ccc(OCCO)c(Cl)c1Cl. The van der Waals surface area contributed by atoms with Gasteiger partial charge in [0.05, 0.1) is 36.2 Å². The standard InChI is InChI=1S/C17H19Cl2NO4/c1-2-10-7-11(8-22)13(9-23)20-17(10)12-3-4-14(24-6-5-21)16(19)15(12)18/h3-4,7,21-23H,2,5-6,8-9H2,1H3. The predicted octanol–water partition coefficient (Wildman–Crippen LogP) is 2.97. The quantitative estimate of drug-likeness (QED) is 0.696. The molecule has 130 valence electrons. The van der Waals surface area contributed by atoms with Crippen molar-refractivity contribution in [2.24, 2.45) is 0 Å². The maximum absolute atomic E-state index is 9.47. The average molecular weight is 372 g/mol. The van der Waals surface area contributed by atoms with Crippen LogP contribution in [0.4, 0.5) is 0 Å². The summed E-state index contributed by atoms with van der Waals surface area (Å²) in [5.74, 6) is 0.381. The van der Waals surface area contributed by atoms with Gasteiger partial charge in [0.15, 0.2) is 0 Å². The maximum atomic E-state index is 9.47. The Balaban J connectivity index is 2.57. The largest absolute Gasteiger partial charge is 0.490 e. The van der Waals surface area contributed by atoms with Crippen LogP contribution in [0.3, 0.4) is 0 Å². The van der Waals surface area contributed by atoms with Crippen molar-refractivity contribution in [2.45, 2.75) is 26.6 Å². The molecule has 2 aromatic rings. The number of aromatic nitrogens is 1. The van der Waals surface area contributed by atoms with Gasteiger partial charge in [0.25, 0.3) is 0 Å². The third-order valence-electron chi connectivity index (χ3n) is 3.62. The van der Waals surface area contributed by atoms with Crippen LogP contribution < -0.4 is 4.74 Å². The highest BCUT2D eigenvalue weighted by atomic mass is 35.5. The zero-order valence-electron chi connectivity index (χ0n) is 13.2. The van der Waals surface area contributed by atoms with Crippen molar-refractivity contribution in [2.75, 3.05) is 13.2 Å². The number of aliphatic hydroxyl groups excluding tert-OH is 3. The van der Waals surface area contributed by atoms with E-state index in [0.29, 0.717) is 34.7 Å². The van der Waals surface area contributed by atoms with Crippen LogP contribution in [0.15, 0.2) is 18.2 Å². The normalized spacial score (nSPS) is 10.9. The molecule has 5 nitrogen and oxygen atoms in total. The summed E-state index contributed by atoms with van der Waals surface area (Å²) in [6.45, 7) is 1.48. The molecule has 0 fully saturated rings. The van der Waals surface area contributed by atoms with E-state index in [1.807, 2.05) is 13.0 Å². The lowest BCUT2D eigenvalue weighted by Gasteiger charge is -2.16. The summed E-state index contributed by atoms with van der Waals surface area (Å²) < 4.78 is 5.34. The fraction of sp³-hybridized carbons (Fsp3) is 0.353. The molecule has 0 aliphatic rings. The fourth-order valence-electron chi connectivity index (χ4n) is 2.40. The van der Waals surface area contributed by atoms with Gasteiger partial charge in [-0.25, -0.2) is 4.98 Å². The van der Waals surface area contributed by atoms with E-state index in [9.17, 15) is 10.2 Å². The van der Waals surface area contributed by atoms with E-state index < -0.39 is 0 Å². The number of halogens is 2. The molecule has 7 heteroatoms. The molecular weight excluding hydrogens is 353 g/mol. The monoisotopic (exact) mass is 371 g/mol. The number of pyridine rings is 1. The summed E-state index contributed by atoms with van der Waals surface area (Å²) in [5, 5.41) is 28.3. The van der Waals surface area contributed by atoms with Gasteiger partial charge in [-0.15, -0.1) is 0 Å². The second-order valence-corrected chi connectivity index (χ2v) is 5.84. The van der Waals surface area contributed by atoms with Crippen molar-refractivity contribution in [1.29, 1.82) is 0 Å². The number of aryl methyl sites for hydroxylation is 1. The summed E-state index contributed by atoms with van der Waals surface area (Å²) in [5.41, 5.74) is 3.10. The summed E-state index contributed by atoms with van der Waals surface area (Å²) in [6.07, 6.45) is 0.678. The number of rotatable bonds is 7. The number of aliphatic hydroxyl groups is 3. The van der Waals surface area contributed by atoms with Crippen LogP contribution in [0.25, 0.3) is 11.3 Å². The molecule has 3 N–H and O–H groups in total. The number of benzene rings is 1. The zero-order chi connectivity index (χ0) is 17.7. The summed E-state index contributed by atoms with van der Waals surface area (Å²) in [6, 6.07) is 5.22. The van der Waals surface area contributed by atoms with Gasteiger partial charge in [-0.3, -0.25) is 0 Å². The number of hydrogen-bond acceptors (Lipinski definition) is 5. The van der Waals surface area contributed by atoms with Crippen LogP contribution in [-0.2, 0) is 19.6 Å².